The fraction of sp³-hybridized carbons (Fsp3) is 0. The van der Waals surface area contributed by atoms with E-state index in [1.54, 1.807) is 0 Å². The fourth-order valence-corrected chi connectivity index (χ4v) is 9.49. The van der Waals surface area contributed by atoms with Gasteiger partial charge in [-0.25, -0.2) is 0 Å². The number of hydrogen-bond acceptors (Lipinski definition) is 2. The summed E-state index contributed by atoms with van der Waals surface area (Å²) in [6.45, 7) is 0. The van der Waals surface area contributed by atoms with E-state index in [-0.39, 0.29) is 0 Å². The maximum Gasteiger partial charge on any atom is 0.137 e. The van der Waals surface area contributed by atoms with E-state index in [0.29, 0.717) is 0 Å². The number of nitrogens with zero attached hydrogens (tertiary/aromatic N) is 1. The topological polar surface area (TPSA) is 16.4 Å². The molecule has 1 heterocycles. The normalized spacial score (nSPS) is 11.7. The van der Waals surface area contributed by atoms with Crippen LogP contribution < -0.4 is 4.90 Å². The Balaban J connectivity index is 1.10. The molecule has 12 aromatic rings. The third-order valence-corrected chi connectivity index (χ3v) is 12.2. The van der Waals surface area contributed by atoms with Crippen LogP contribution in [0.1, 0.15) is 0 Å². The minimum Gasteiger partial charge on any atom is -0.456 e. The molecule has 0 saturated carbocycles. The molecule has 0 aliphatic rings. The first-order valence-electron chi connectivity index (χ1n) is 20.6. The number of benzene rings is 11. The quantitative estimate of drug-likeness (QED) is 0.157. The molecule has 0 bridgehead atoms. The predicted octanol–water partition coefficient (Wildman–Crippen LogP) is 16.7. The van der Waals surface area contributed by atoms with Crippen molar-refractivity contribution in [1.29, 1.82) is 0 Å². The number of anilines is 3. The van der Waals surface area contributed by atoms with Gasteiger partial charge >= 0.3 is 0 Å². The number of rotatable bonds is 6. The summed E-state index contributed by atoms with van der Waals surface area (Å²) in [5.41, 5.74) is 12.1. The molecule has 11 aromatic carbocycles. The average Bonchev–Trinajstić information content (AvgIpc) is 3.71. The van der Waals surface area contributed by atoms with Crippen LogP contribution in [0.3, 0.4) is 0 Å². The minimum atomic E-state index is 0.863. The second-order valence-corrected chi connectivity index (χ2v) is 15.6. The van der Waals surface area contributed by atoms with E-state index in [4.69, 9.17) is 4.42 Å². The summed E-state index contributed by atoms with van der Waals surface area (Å²) in [4.78, 5) is 2.41. The lowest BCUT2D eigenvalue weighted by Gasteiger charge is -2.28. The number of para-hydroxylation sites is 1. The third kappa shape index (κ3) is 5.50. The summed E-state index contributed by atoms with van der Waals surface area (Å²) in [6.07, 6.45) is 0. The van der Waals surface area contributed by atoms with Crippen LogP contribution in [-0.2, 0) is 0 Å². The molecule has 1 aromatic heterocycles. The van der Waals surface area contributed by atoms with E-state index < -0.39 is 0 Å². The summed E-state index contributed by atoms with van der Waals surface area (Å²) in [7, 11) is 0. The van der Waals surface area contributed by atoms with Gasteiger partial charge in [0.15, 0.2) is 0 Å². The standard InChI is InChI=1S/C58H37NO/c1-3-15-40(16-4-1)56-50-21-10-9-20-48(50)49-35-33-45(37-52(49)57(56)41-17-5-2-6-18-41)59(53-23-13-25-55-58(53)51-22-11-12-24-54(51)60-55)44-31-28-38(29-32-44)42-30-34-47-43(36-42)27-26-39-14-7-8-19-46(39)47/h1-37H. The van der Waals surface area contributed by atoms with Gasteiger partial charge in [-0.15, -0.1) is 0 Å². The molecule has 0 saturated heterocycles. The Bertz CT molecular complexity index is 3590. The Morgan fingerprint density at radius 3 is 1.62 bits per heavy atom. The molecule has 60 heavy (non-hydrogen) atoms. The van der Waals surface area contributed by atoms with Crippen LogP contribution in [-0.4, -0.2) is 0 Å². The van der Waals surface area contributed by atoms with Crippen LogP contribution in [0, 0.1) is 0 Å². The maximum absolute atomic E-state index is 6.49. The molecule has 0 unspecified atom stereocenters. The van der Waals surface area contributed by atoms with Crippen LogP contribution in [0.5, 0.6) is 0 Å². The molecule has 0 aliphatic carbocycles. The predicted molar refractivity (Wildman–Crippen MR) is 255 cm³/mol. The van der Waals surface area contributed by atoms with Gasteiger partial charge in [-0.3, -0.25) is 0 Å². The highest BCUT2D eigenvalue weighted by molar-refractivity contribution is 6.22. The van der Waals surface area contributed by atoms with Crippen molar-refractivity contribution in [2.75, 3.05) is 4.90 Å². The van der Waals surface area contributed by atoms with Gasteiger partial charge < -0.3 is 9.32 Å². The van der Waals surface area contributed by atoms with E-state index in [0.717, 1.165) is 39.0 Å². The van der Waals surface area contributed by atoms with Crippen molar-refractivity contribution in [3.05, 3.63) is 224 Å². The molecule has 0 spiro atoms. The Morgan fingerprint density at radius 1 is 0.283 bits per heavy atom. The highest BCUT2D eigenvalue weighted by Crippen LogP contribution is 2.48. The molecule has 0 aliphatic heterocycles. The largest absolute Gasteiger partial charge is 0.456 e. The maximum atomic E-state index is 6.49. The Kier molecular flexibility index (Phi) is 7.89. The van der Waals surface area contributed by atoms with Gasteiger partial charge in [0, 0.05) is 16.8 Å². The van der Waals surface area contributed by atoms with Crippen molar-refractivity contribution in [3.63, 3.8) is 0 Å². The minimum absolute atomic E-state index is 0.863. The summed E-state index contributed by atoms with van der Waals surface area (Å²) in [5, 5.41) is 12.1. The van der Waals surface area contributed by atoms with Crippen LogP contribution in [0.15, 0.2) is 229 Å². The smallest absolute Gasteiger partial charge is 0.137 e. The molecular weight excluding hydrogens is 727 g/mol. The molecule has 0 fully saturated rings. The zero-order chi connectivity index (χ0) is 39.6. The van der Waals surface area contributed by atoms with Crippen molar-refractivity contribution < 1.29 is 4.42 Å². The van der Waals surface area contributed by atoms with E-state index in [1.165, 1.54) is 76.5 Å². The molecule has 0 radical (unpaired) electrons. The molecule has 0 amide bonds. The number of furan rings is 1. The lowest BCUT2D eigenvalue weighted by atomic mass is 9.85. The van der Waals surface area contributed by atoms with Gasteiger partial charge in [0.05, 0.1) is 11.1 Å². The van der Waals surface area contributed by atoms with Crippen LogP contribution in [0.25, 0.3) is 98.4 Å². The van der Waals surface area contributed by atoms with E-state index >= 15 is 0 Å². The van der Waals surface area contributed by atoms with Crippen molar-refractivity contribution in [2.45, 2.75) is 0 Å². The number of fused-ring (bicyclic) bond motifs is 9. The number of hydrogen-bond donors (Lipinski definition) is 0. The van der Waals surface area contributed by atoms with Crippen LogP contribution in [0.2, 0.25) is 0 Å². The fourth-order valence-electron chi connectivity index (χ4n) is 9.49. The van der Waals surface area contributed by atoms with Gasteiger partial charge in [-0.05, 0) is 125 Å². The zero-order valence-electron chi connectivity index (χ0n) is 32.7. The molecule has 2 nitrogen and oxygen atoms in total. The zero-order valence-corrected chi connectivity index (χ0v) is 32.7. The second kappa shape index (κ2) is 13.9. The lowest BCUT2D eigenvalue weighted by Crippen LogP contribution is -2.10. The van der Waals surface area contributed by atoms with Gasteiger partial charge in [0.25, 0.3) is 0 Å². The SMILES string of the molecule is c1ccc(-c2c(-c3ccccc3)c3cc(N(c4ccc(-c5ccc6c(ccc7ccccc76)c5)cc4)c4cccc5oc6ccccc6c45)ccc3c3ccccc23)cc1. The van der Waals surface area contributed by atoms with Gasteiger partial charge in [0.1, 0.15) is 11.2 Å². The molecule has 0 atom stereocenters. The first-order valence-corrected chi connectivity index (χ1v) is 20.6. The molecule has 280 valence electrons. The monoisotopic (exact) mass is 763 g/mol. The van der Waals surface area contributed by atoms with E-state index in [2.05, 4.69) is 223 Å². The van der Waals surface area contributed by atoms with Crippen molar-refractivity contribution >= 4 is 82.1 Å². The van der Waals surface area contributed by atoms with E-state index in [9.17, 15) is 0 Å². The summed E-state index contributed by atoms with van der Waals surface area (Å²) in [6, 6.07) is 81.3. The summed E-state index contributed by atoms with van der Waals surface area (Å²) < 4.78 is 6.49. The second-order valence-electron chi connectivity index (χ2n) is 15.6. The molecule has 12 rings (SSSR count). The van der Waals surface area contributed by atoms with Crippen LogP contribution in [0.4, 0.5) is 17.1 Å². The van der Waals surface area contributed by atoms with Gasteiger partial charge in [-0.2, -0.15) is 0 Å². The van der Waals surface area contributed by atoms with E-state index in [1.807, 2.05) is 6.07 Å². The first kappa shape index (κ1) is 34.1. The summed E-state index contributed by atoms with van der Waals surface area (Å²) in [5.74, 6) is 0. The molecular formula is C58H37NO. The van der Waals surface area contributed by atoms with Crippen molar-refractivity contribution in [2.24, 2.45) is 0 Å². The van der Waals surface area contributed by atoms with Crippen molar-refractivity contribution in [1.82, 2.24) is 0 Å². The Hall–Kier alpha value is -7.94. The first-order chi connectivity index (χ1) is 29.8. The molecule has 2 heteroatoms. The Morgan fingerprint density at radius 2 is 0.833 bits per heavy atom. The third-order valence-electron chi connectivity index (χ3n) is 12.2. The average molecular weight is 764 g/mol. The van der Waals surface area contributed by atoms with Gasteiger partial charge in [0.2, 0.25) is 0 Å². The van der Waals surface area contributed by atoms with Crippen molar-refractivity contribution in [3.8, 4) is 33.4 Å². The lowest BCUT2D eigenvalue weighted by molar-refractivity contribution is 0.669. The highest BCUT2D eigenvalue weighted by Gasteiger charge is 2.23. The highest BCUT2D eigenvalue weighted by atomic mass is 16.3. The Labute approximate surface area is 347 Å². The molecule has 0 N–H and O–H groups in total. The van der Waals surface area contributed by atoms with Crippen LogP contribution >= 0.6 is 0 Å². The summed E-state index contributed by atoms with van der Waals surface area (Å²) >= 11 is 0. The van der Waals surface area contributed by atoms with Gasteiger partial charge in [-0.1, -0.05) is 176 Å².